The van der Waals surface area contributed by atoms with E-state index in [0.29, 0.717) is 27.8 Å². The molecule has 7 nitrogen and oxygen atoms in total. The largest absolute Gasteiger partial charge is 0.497 e. The number of imidazole rings is 1. The van der Waals surface area contributed by atoms with Gasteiger partial charge >= 0.3 is 9.15 Å². The molecule has 9 heteroatoms. The normalized spacial score (nSPS) is 11.6. The monoisotopic (exact) mass is 315 g/mol. The first kappa shape index (κ1) is 14.7. The summed E-state index contributed by atoms with van der Waals surface area (Å²) in [4.78, 5) is 4.12. The van der Waals surface area contributed by atoms with E-state index in [0.717, 1.165) is 0 Å². The Morgan fingerprint density at radius 2 is 1.95 bits per heavy atom. The van der Waals surface area contributed by atoms with Crippen molar-refractivity contribution in [2.75, 3.05) is 12.8 Å². The van der Waals surface area contributed by atoms with Gasteiger partial charge in [0.05, 0.1) is 17.9 Å². The number of nitrogens with two attached hydrogens (primary N) is 1. The van der Waals surface area contributed by atoms with E-state index in [1.165, 1.54) is 4.57 Å². The number of hydrogen-bond acceptors (Lipinski definition) is 6. The molecule has 0 amide bonds. The Balaban J connectivity index is 2.52. The third-order valence-electron chi connectivity index (χ3n) is 2.62. The fourth-order valence-corrected chi connectivity index (χ4v) is 3.45. The molecule has 0 unspecified atom stereocenters. The third-order valence-corrected chi connectivity index (χ3v) is 4.57. The summed E-state index contributed by atoms with van der Waals surface area (Å²) in [6.45, 7) is 0. The van der Waals surface area contributed by atoms with Crippen molar-refractivity contribution in [1.29, 1.82) is 0 Å². The van der Waals surface area contributed by atoms with Gasteiger partial charge in [-0.15, -0.1) is 0 Å². The summed E-state index contributed by atoms with van der Waals surface area (Å²) < 4.78 is 37.6. The number of methoxy groups -OCH3 is 1. The fourth-order valence-electron chi connectivity index (χ4n) is 1.63. The summed E-state index contributed by atoms with van der Waals surface area (Å²) in [5, 5.41) is 0.246. The molecule has 0 aliphatic carbocycles. The predicted octanol–water partition coefficient (Wildman–Crippen LogP) is 1.57. The van der Waals surface area contributed by atoms with Crippen LogP contribution in [-0.4, -0.2) is 29.6 Å². The number of benzene rings is 1. The number of nitrogen functional groups attached to an aromatic ring is 1. The minimum Gasteiger partial charge on any atom is -0.497 e. The molecule has 0 saturated heterocycles. The average molecular weight is 315 g/mol. The first-order chi connectivity index (χ1) is 9.31. The van der Waals surface area contributed by atoms with Crippen LogP contribution in [0.4, 0.5) is 5.95 Å². The average Bonchev–Trinajstić information content (AvgIpc) is 2.65. The van der Waals surface area contributed by atoms with Gasteiger partial charge < -0.3 is 15.0 Å². The zero-order valence-corrected chi connectivity index (χ0v) is 12.4. The Hall–Kier alpha value is -1.71. The third kappa shape index (κ3) is 3.06. The fraction of sp³-hybridized carbons (Fsp3) is 0.182. The van der Waals surface area contributed by atoms with E-state index >= 15 is 0 Å². The number of anilines is 1. The van der Waals surface area contributed by atoms with Crippen LogP contribution in [0.3, 0.4) is 0 Å². The van der Waals surface area contributed by atoms with Crippen molar-refractivity contribution in [2.24, 2.45) is 7.05 Å². The standard InChI is InChI=1S/C11H13N3O4S2/c1-14-10(19-20(15,16)17)9(13-11(14)12)7-3-5-8(18-2)6-4-7/h3-6H,1-2H3,(H2,12,13)(H,15,16,17). The summed E-state index contributed by atoms with van der Waals surface area (Å²) in [5.74, 6) is 0.823. The SMILES string of the molecule is COc1ccc(-c2nc(N)n(C)c2SS(=O)(=O)O)cc1. The van der Waals surface area contributed by atoms with E-state index in [4.69, 9.17) is 15.0 Å². The lowest BCUT2D eigenvalue weighted by Gasteiger charge is -2.04. The van der Waals surface area contributed by atoms with Gasteiger partial charge in [0.2, 0.25) is 5.95 Å². The van der Waals surface area contributed by atoms with E-state index in [1.807, 2.05) is 0 Å². The van der Waals surface area contributed by atoms with Crippen LogP contribution in [0, 0.1) is 0 Å². The maximum absolute atomic E-state index is 11.1. The first-order valence-electron chi connectivity index (χ1n) is 5.45. The van der Waals surface area contributed by atoms with Crippen molar-refractivity contribution in [3.8, 4) is 17.0 Å². The lowest BCUT2D eigenvalue weighted by atomic mass is 10.1. The van der Waals surface area contributed by atoms with E-state index in [9.17, 15) is 8.42 Å². The highest BCUT2D eigenvalue weighted by molar-refractivity contribution is 8.69. The van der Waals surface area contributed by atoms with Crippen LogP contribution in [0.25, 0.3) is 11.3 Å². The van der Waals surface area contributed by atoms with Gasteiger partial charge in [0.1, 0.15) is 16.5 Å². The molecule has 20 heavy (non-hydrogen) atoms. The highest BCUT2D eigenvalue weighted by Crippen LogP contribution is 2.35. The number of ether oxygens (including phenoxy) is 1. The molecule has 2 aromatic rings. The van der Waals surface area contributed by atoms with Gasteiger partial charge in [-0.05, 0) is 24.3 Å². The van der Waals surface area contributed by atoms with E-state index < -0.39 is 9.15 Å². The molecule has 2 rings (SSSR count). The number of rotatable bonds is 4. The second-order valence-corrected chi connectivity index (χ2v) is 7.09. The lowest BCUT2D eigenvalue weighted by molar-refractivity contribution is 0.415. The van der Waals surface area contributed by atoms with Crippen LogP contribution in [-0.2, 0) is 16.2 Å². The number of aromatic nitrogens is 2. The maximum atomic E-state index is 11.1. The summed E-state index contributed by atoms with van der Waals surface area (Å²) in [5.41, 5.74) is 6.75. The molecule has 0 aliphatic heterocycles. The van der Waals surface area contributed by atoms with Crippen molar-refractivity contribution >= 4 is 25.9 Å². The predicted molar refractivity (Wildman–Crippen MR) is 77.0 cm³/mol. The topological polar surface area (TPSA) is 107 Å². The molecule has 3 N–H and O–H groups in total. The van der Waals surface area contributed by atoms with Crippen LogP contribution in [0.1, 0.15) is 0 Å². The van der Waals surface area contributed by atoms with Crippen molar-refractivity contribution in [3.05, 3.63) is 24.3 Å². The Labute approximate surface area is 119 Å². The quantitative estimate of drug-likeness (QED) is 0.651. The molecule has 1 heterocycles. The second kappa shape index (κ2) is 5.35. The summed E-state index contributed by atoms with van der Waals surface area (Å²) in [6.07, 6.45) is 0. The van der Waals surface area contributed by atoms with Crippen molar-refractivity contribution in [2.45, 2.75) is 5.03 Å². The Bertz CT molecular complexity index is 723. The smallest absolute Gasteiger partial charge is 0.325 e. The molecule has 1 aromatic carbocycles. The molecule has 0 saturated carbocycles. The molecule has 108 valence electrons. The second-order valence-electron chi connectivity index (χ2n) is 3.92. The van der Waals surface area contributed by atoms with Gasteiger partial charge in [-0.1, -0.05) is 0 Å². The summed E-state index contributed by atoms with van der Waals surface area (Å²) >= 11 is 0. The van der Waals surface area contributed by atoms with Crippen LogP contribution in [0.5, 0.6) is 5.75 Å². The Morgan fingerprint density at radius 1 is 1.35 bits per heavy atom. The number of nitrogens with zero attached hydrogens (tertiary/aromatic N) is 2. The van der Waals surface area contributed by atoms with Crippen LogP contribution in [0.15, 0.2) is 29.3 Å². The minimum absolute atomic E-state index is 0.155. The molecule has 1 aromatic heterocycles. The minimum atomic E-state index is -4.25. The van der Waals surface area contributed by atoms with Gasteiger partial charge in [0, 0.05) is 12.6 Å². The Kier molecular flexibility index (Phi) is 3.93. The van der Waals surface area contributed by atoms with Crippen LogP contribution < -0.4 is 10.5 Å². The van der Waals surface area contributed by atoms with Gasteiger partial charge in [-0.25, -0.2) is 4.98 Å². The zero-order chi connectivity index (χ0) is 14.9. The lowest BCUT2D eigenvalue weighted by Crippen LogP contribution is -2.00. The molecule has 0 atom stereocenters. The molecule has 0 aliphatic rings. The highest BCUT2D eigenvalue weighted by Gasteiger charge is 2.20. The van der Waals surface area contributed by atoms with Crippen molar-refractivity contribution in [1.82, 2.24) is 9.55 Å². The number of hydrogen-bond donors (Lipinski definition) is 2. The summed E-state index contributed by atoms with van der Waals surface area (Å²) in [7, 11) is -0.836. The molecule has 0 bridgehead atoms. The molecular formula is C11H13N3O4S2. The van der Waals surface area contributed by atoms with Gasteiger partial charge in [0.15, 0.2) is 0 Å². The molecule has 0 fully saturated rings. The maximum Gasteiger partial charge on any atom is 0.325 e. The molecule has 0 spiro atoms. The zero-order valence-electron chi connectivity index (χ0n) is 10.8. The van der Waals surface area contributed by atoms with E-state index in [2.05, 4.69) is 4.98 Å². The van der Waals surface area contributed by atoms with Crippen LogP contribution in [0.2, 0.25) is 0 Å². The van der Waals surface area contributed by atoms with Crippen molar-refractivity contribution in [3.63, 3.8) is 0 Å². The molecule has 0 radical (unpaired) electrons. The Morgan fingerprint density at radius 3 is 2.45 bits per heavy atom. The van der Waals surface area contributed by atoms with Crippen molar-refractivity contribution < 1.29 is 17.7 Å². The van der Waals surface area contributed by atoms with Crippen LogP contribution >= 0.6 is 10.8 Å². The van der Waals surface area contributed by atoms with Gasteiger partial charge in [0.25, 0.3) is 0 Å². The first-order valence-corrected chi connectivity index (χ1v) is 8.22. The van der Waals surface area contributed by atoms with E-state index in [1.54, 1.807) is 38.4 Å². The van der Waals surface area contributed by atoms with E-state index in [-0.39, 0.29) is 11.0 Å². The highest BCUT2D eigenvalue weighted by atomic mass is 33.1. The summed E-state index contributed by atoms with van der Waals surface area (Å²) in [6, 6.07) is 6.91. The molecular weight excluding hydrogens is 302 g/mol. The van der Waals surface area contributed by atoms with Gasteiger partial charge in [-0.3, -0.25) is 4.55 Å². The van der Waals surface area contributed by atoms with Gasteiger partial charge in [-0.2, -0.15) is 8.42 Å².